The monoisotopic (exact) mass is 266 g/mol. The maximum atomic E-state index is 14.4. The van der Waals surface area contributed by atoms with Crippen LogP contribution in [-0.4, -0.2) is 43.7 Å². The van der Waals surface area contributed by atoms with Gasteiger partial charge in [-0.25, -0.2) is 4.39 Å². The summed E-state index contributed by atoms with van der Waals surface area (Å²) in [6.45, 7) is 0.987. The van der Waals surface area contributed by atoms with Crippen molar-refractivity contribution in [2.45, 2.75) is 18.6 Å². The van der Waals surface area contributed by atoms with E-state index >= 15 is 0 Å². The zero-order chi connectivity index (χ0) is 13.9. The molecule has 19 heavy (non-hydrogen) atoms. The summed E-state index contributed by atoms with van der Waals surface area (Å²) in [5.74, 6) is 0.239. The molecule has 1 aromatic rings. The second-order valence-corrected chi connectivity index (χ2v) is 4.87. The maximum absolute atomic E-state index is 14.4. The van der Waals surface area contributed by atoms with Gasteiger partial charge in [-0.3, -0.25) is 4.79 Å². The van der Waals surface area contributed by atoms with Crippen molar-refractivity contribution >= 4 is 5.91 Å². The first-order valence-electron chi connectivity index (χ1n) is 6.34. The molecule has 1 amide bonds. The van der Waals surface area contributed by atoms with E-state index < -0.39 is 11.6 Å². The number of carbonyl (C=O) groups excluding carboxylic acids is 1. The summed E-state index contributed by atoms with van der Waals surface area (Å²) in [7, 11) is 3.20. The van der Waals surface area contributed by atoms with E-state index in [-0.39, 0.29) is 13.0 Å². The van der Waals surface area contributed by atoms with E-state index in [0.29, 0.717) is 18.8 Å². The fourth-order valence-electron chi connectivity index (χ4n) is 2.35. The number of nitrogens with one attached hydrogen (secondary N) is 1. The summed E-state index contributed by atoms with van der Waals surface area (Å²) in [5, 5.41) is 2.89. The van der Waals surface area contributed by atoms with E-state index in [9.17, 15) is 9.18 Å². The number of benzene rings is 1. The molecule has 1 N–H and O–H groups in total. The van der Waals surface area contributed by atoms with Crippen LogP contribution >= 0.6 is 0 Å². The standard InChI is InChI=1S/C14H19FN2O2/c1-17(13(18)14(15)7-8-16-10-14)9-11-5-3-4-6-12(11)19-2/h3-6,16H,7-10H2,1-2H3/t14-/m0/s1. The molecule has 104 valence electrons. The number of para-hydroxylation sites is 1. The van der Waals surface area contributed by atoms with Gasteiger partial charge in [-0.05, 0) is 12.6 Å². The number of halogens is 1. The number of alkyl halides is 1. The van der Waals surface area contributed by atoms with Gasteiger partial charge in [0.1, 0.15) is 5.75 Å². The Hall–Kier alpha value is -1.62. The highest BCUT2D eigenvalue weighted by atomic mass is 19.1. The average molecular weight is 266 g/mol. The van der Waals surface area contributed by atoms with Crippen LogP contribution in [0.2, 0.25) is 0 Å². The van der Waals surface area contributed by atoms with Crippen LogP contribution in [-0.2, 0) is 11.3 Å². The highest BCUT2D eigenvalue weighted by molar-refractivity contribution is 5.85. The van der Waals surface area contributed by atoms with Crippen LogP contribution in [0.25, 0.3) is 0 Å². The molecule has 2 rings (SSSR count). The fraction of sp³-hybridized carbons (Fsp3) is 0.500. The molecule has 0 spiro atoms. The predicted molar refractivity (Wildman–Crippen MR) is 70.8 cm³/mol. The molecule has 5 heteroatoms. The first-order chi connectivity index (χ1) is 9.07. The molecule has 0 radical (unpaired) electrons. The van der Waals surface area contributed by atoms with Crippen LogP contribution < -0.4 is 10.1 Å². The van der Waals surface area contributed by atoms with Crippen LogP contribution in [0.1, 0.15) is 12.0 Å². The lowest BCUT2D eigenvalue weighted by Crippen LogP contribution is -2.45. The van der Waals surface area contributed by atoms with Crippen LogP contribution in [0.4, 0.5) is 4.39 Å². The minimum atomic E-state index is -1.77. The Labute approximate surface area is 112 Å². The molecule has 0 aromatic heterocycles. The molecular formula is C14H19FN2O2. The van der Waals surface area contributed by atoms with Crippen molar-refractivity contribution in [1.82, 2.24) is 10.2 Å². The van der Waals surface area contributed by atoms with Crippen LogP contribution in [0.3, 0.4) is 0 Å². The summed E-state index contributed by atoms with van der Waals surface area (Å²) >= 11 is 0. The molecule has 1 fully saturated rings. The van der Waals surface area contributed by atoms with Gasteiger partial charge in [-0.15, -0.1) is 0 Å². The van der Waals surface area contributed by atoms with Crippen LogP contribution in [0.15, 0.2) is 24.3 Å². The van der Waals surface area contributed by atoms with Crippen molar-refractivity contribution in [2.24, 2.45) is 0 Å². The Morgan fingerprint density at radius 3 is 2.89 bits per heavy atom. The summed E-state index contributed by atoms with van der Waals surface area (Å²) in [6, 6.07) is 7.44. The second kappa shape index (κ2) is 5.57. The van der Waals surface area contributed by atoms with Crippen LogP contribution in [0, 0.1) is 0 Å². The second-order valence-electron chi connectivity index (χ2n) is 4.87. The van der Waals surface area contributed by atoms with E-state index in [0.717, 1.165) is 5.56 Å². The number of hydrogen-bond donors (Lipinski definition) is 1. The highest BCUT2D eigenvalue weighted by Crippen LogP contribution is 2.25. The van der Waals surface area contributed by atoms with Gasteiger partial charge in [0.05, 0.1) is 7.11 Å². The number of amides is 1. The SMILES string of the molecule is COc1ccccc1CN(C)C(=O)[C@]1(F)CCNC1. The molecule has 1 aliphatic heterocycles. The molecular weight excluding hydrogens is 247 g/mol. The average Bonchev–Trinajstić information content (AvgIpc) is 2.86. The van der Waals surface area contributed by atoms with Gasteiger partial charge in [-0.2, -0.15) is 0 Å². The third kappa shape index (κ3) is 2.87. The number of methoxy groups -OCH3 is 1. The number of nitrogens with zero attached hydrogens (tertiary/aromatic N) is 1. The Balaban J connectivity index is 2.08. The Kier molecular flexibility index (Phi) is 4.04. The summed E-state index contributed by atoms with van der Waals surface area (Å²) < 4.78 is 19.6. The fourth-order valence-corrected chi connectivity index (χ4v) is 2.35. The van der Waals surface area contributed by atoms with Gasteiger partial charge >= 0.3 is 0 Å². The first-order valence-corrected chi connectivity index (χ1v) is 6.34. The summed E-state index contributed by atoms with van der Waals surface area (Å²) in [6.07, 6.45) is 0.238. The van der Waals surface area contributed by atoms with Gasteiger partial charge in [-0.1, -0.05) is 18.2 Å². The quantitative estimate of drug-likeness (QED) is 0.894. The normalized spacial score (nSPS) is 22.3. The van der Waals surface area contributed by atoms with Crippen molar-refractivity contribution in [1.29, 1.82) is 0 Å². The van der Waals surface area contributed by atoms with Crippen molar-refractivity contribution in [3.8, 4) is 5.75 Å². The molecule has 4 nitrogen and oxygen atoms in total. The van der Waals surface area contributed by atoms with E-state index in [1.807, 2.05) is 24.3 Å². The molecule has 1 atom stereocenters. The molecule has 1 aliphatic rings. The molecule has 0 saturated carbocycles. The van der Waals surface area contributed by atoms with E-state index in [2.05, 4.69) is 5.32 Å². The van der Waals surface area contributed by atoms with Gasteiger partial charge in [0.25, 0.3) is 5.91 Å². The minimum absolute atomic E-state index is 0.0993. The number of rotatable bonds is 4. The maximum Gasteiger partial charge on any atom is 0.261 e. The highest BCUT2D eigenvalue weighted by Gasteiger charge is 2.43. The van der Waals surface area contributed by atoms with Crippen molar-refractivity contribution in [2.75, 3.05) is 27.2 Å². The zero-order valence-corrected chi connectivity index (χ0v) is 11.3. The lowest BCUT2D eigenvalue weighted by atomic mass is 10.0. The number of ether oxygens (including phenoxy) is 1. The Morgan fingerprint density at radius 2 is 2.26 bits per heavy atom. The summed E-state index contributed by atoms with van der Waals surface area (Å²) in [4.78, 5) is 13.6. The van der Waals surface area contributed by atoms with E-state index in [1.54, 1.807) is 14.2 Å². The van der Waals surface area contributed by atoms with Gasteiger partial charge in [0.15, 0.2) is 0 Å². The molecule has 1 aromatic carbocycles. The molecule has 0 aliphatic carbocycles. The van der Waals surface area contributed by atoms with E-state index in [4.69, 9.17) is 4.74 Å². The summed E-state index contributed by atoms with van der Waals surface area (Å²) in [5.41, 5.74) is -0.896. The first kappa shape index (κ1) is 13.8. The van der Waals surface area contributed by atoms with Gasteiger partial charge in [0, 0.05) is 32.1 Å². The van der Waals surface area contributed by atoms with Crippen molar-refractivity contribution < 1.29 is 13.9 Å². The molecule has 1 heterocycles. The lowest BCUT2D eigenvalue weighted by molar-refractivity contribution is -0.142. The topological polar surface area (TPSA) is 41.6 Å². The van der Waals surface area contributed by atoms with E-state index in [1.165, 1.54) is 4.90 Å². The predicted octanol–water partition coefficient (Wildman–Crippen LogP) is 1.36. The Morgan fingerprint density at radius 1 is 1.53 bits per heavy atom. The third-order valence-corrected chi connectivity index (χ3v) is 3.43. The number of hydrogen-bond acceptors (Lipinski definition) is 3. The van der Waals surface area contributed by atoms with Crippen LogP contribution in [0.5, 0.6) is 5.75 Å². The third-order valence-electron chi connectivity index (χ3n) is 3.43. The molecule has 0 bridgehead atoms. The van der Waals surface area contributed by atoms with Gasteiger partial charge < -0.3 is 15.0 Å². The number of carbonyl (C=O) groups is 1. The lowest BCUT2D eigenvalue weighted by Gasteiger charge is -2.25. The smallest absolute Gasteiger partial charge is 0.261 e. The Bertz CT molecular complexity index is 459. The molecule has 0 unspecified atom stereocenters. The van der Waals surface area contributed by atoms with Crippen molar-refractivity contribution in [3.63, 3.8) is 0 Å². The van der Waals surface area contributed by atoms with Gasteiger partial charge in [0.2, 0.25) is 5.67 Å². The zero-order valence-electron chi connectivity index (χ0n) is 11.3. The largest absolute Gasteiger partial charge is 0.496 e. The molecule has 1 saturated heterocycles. The minimum Gasteiger partial charge on any atom is -0.496 e. The van der Waals surface area contributed by atoms with Crippen molar-refractivity contribution in [3.05, 3.63) is 29.8 Å².